The van der Waals surface area contributed by atoms with Crippen LogP contribution in [0, 0.1) is 6.92 Å². The van der Waals surface area contributed by atoms with Crippen molar-refractivity contribution in [3.8, 4) is 0 Å². The minimum absolute atomic E-state index is 0.109. The van der Waals surface area contributed by atoms with Crippen molar-refractivity contribution < 1.29 is 14.3 Å². The van der Waals surface area contributed by atoms with Crippen LogP contribution in [0.1, 0.15) is 23.1 Å². The molecule has 2 rings (SSSR count). The second-order valence-corrected chi connectivity index (χ2v) is 4.10. The Labute approximate surface area is 116 Å². The van der Waals surface area contributed by atoms with Crippen molar-refractivity contribution in [3.05, 3.63) is 47.8 Å². The van der Waals surface area contributed by atoms with Crippen LogP contribution in [0.25, 0.3) is 0 Å². The number of para-hydroxylation sites is 1. The second kappa shape index (κ2) is 6.01. The molecule has 1 heterocycles. The highest BCUT2D eigenvalue weighted by Gasteiger charge is 2.19. The summed E-state index contributed by atoms with van der Waals surface area (Å²) in [5.74, 6) is -0.573. The summed E-state index contributed by atoms with van der Waals surface area (Å²) >= 11 is 0. The van der Waals surface area contributed by atoms with Crippen molar-refractivity contribution in [3.63, 3.8) is 0 Å². The molecule has 20 heavy (non-hydrogen) atoms. The van der Waals surface area contributed by atoms with Crippen molar-refractivity contribution in [1.29, 1.82) is 0 Å². The predicted octanol–water partition coefficient (Wildman–Crippen LogP) is 2.45. The SMILES string of the molecule is CCOC(=O)c1cc(C)nn1C(=O)Nc1ccccc1. The van der Waals surface area contributed by atoms with Crippen molar-refractivity contribution in [2.45, 2.75) is 13.8 Å². The van der Waals surface area contributed by atoms with E-state index in [1.54, 1.807) is 38.1 Å². The fraction of sp³-hybridized carbons (Fsp3) is 0.214. The molecule has 6 nitrogen and oxygen atoms in total. The van der Waals surface area contributed by atoms with Crippen molar-refractivity contribution in [2.24, 2.45) is 0 Å². The number of rotatable bonds is 3. The van der Waals surface area contributed by atoms with Crippen molar-refractivity contribution >= 4 is 17.7 Å². The van der Waals surface area contributed by atoms with Gasteiger partial charge in [-0.25, -0.2) is 9.59 Å². The van der Waals surface area contributed by atoms with Gasteiger partial charge in [0.05, 0.1) is 12.3 Å². The molecule has 2 aromatic rings. The first-order valence-corrected chi connectivity index (χ1v) is 6.22. The number of ether oxygens (including phenoxy) is 1. The lowest BCUT2D eigenvalue weighted by molar-refractivity contribution is 0.0514. The zero-order chi connectivity index (χ0) is 14.5. The van der Waals surface area contributed by atoms with Gasteiger partial charge in [-0.05, 0) is 32.0 Å². The largest absolute Gasteiger partial charge is 0.461 e. The number of hydrogen-bond acceptors (Lipinski definition) is 4. The lowest BCUT2D eigenvalue weighted by Crippen LogP contribution is -2.25. The Kier molecular flexibility index (Phi) is 4.14. The average molecular weight is 273 g/mol. The van der Waals surface area contributed by atoms with Crippen molar-refractivity contribution in [2.75, 3.05) is 11.9 Å². The van der Waals surface area contributed by atoms with E-state index >= 15 is 0 Å². The van der Waals surface area contributed by atoms with E-state index in [1.165, 1.54) is 6.07 Å². The van der Waals surface area contributed by atoms with Crippen LogP contribution in [-0.4, -0.2) is 28.4 Å². The van der Waals surface area contributed by atoms with E-state index in [1.807, 2.05) is 6.07 Å². The number of amides is 1. The summed E-state index contributed by atoms with van der Waals surface area (Å²) in [5, 5.41) is 6.68. The Morgan fingerprint density at radius 3 is 2.65 bits per heavy atom. The van der Waals surface area contributed by atoms with Crippen LogP contribution < -0.4 is 5.32 Å². The maximum Gasteiger partial charge on any atom is 0.357 e. The van der Waals surface area contributed by atoms with Gasteiger partial charge in [-0.15, -0.1) is 0 Å². The standard InChI is InChI=1S/C14H15N3O3/c1-3-20-13(18)12-9-10(2)16-17(12)14(19)15-11-7-5-4-6-8-11/h4-9H,3H2,1-2H3,(H,15,19). The lowest BCUT2D eigenvalue weighted by atomic mass is 10.3. The number of nitrogens with zero attached hydrogens (tertiary/aromatic N) is 2. The van der Waals surface area contributed by atoms with Gasteiger partial charge < -0.3 is 10.1 Å². The van der Waals surface area contributed by atoms with Crippen LogP contribution in [0.2, 0.25) is 0 Å². The monoisotopic (exact) mass is 273 g/mol. The van der Waals surface area contributed by atoms with Gasteiger partial charge in [0.25, 0.3) is 0 Å². The highest BCUT2D eigenvalue weighted by atomic mass is 16.5. The van der Waals surface area contributed by atoms with Crippen LogP contribution in [0.5, 0.6) is 0 Å². The molecule has 0 aliphatic rings. The number of aryl methyl sites for hydroxylation is 1. The molecule has 0 saturated heterocycles. The summed E-state index contributed by atoms with van der Waals surface area (Å²) in [7, 11) is 0. The Bertz CT molecular complexity index is 620. The molecule has 1 aromatic heterocycles. The van der Waals surface area contributed by atoms with Crippen LogP contribution in [0.3, 0.4) is 0 Å². The van der Waals surface area contributed by atoms with Crippen LogP contribution >= 0.6 is 0 Å². The minimum Gasteiger partial charge on any atom is -0.461 e. The van der Waals surface area contributed by atoms with Crippen LogP contribution in [0.4, 0.5) is 10.5 Å². The zero-order valence-corrected chi connectivity index (χ0v) is 11.3. The van der Waals surface area contributed by atoms with Crippen LogP contribution in [0.15, 0.2) is 36.4 Å². The number of anilines is 1. The number of benzene rings is 1. The lowest BCUT2D eigenvalue weighted by Gasteiger charge is -2.07. The van der Waals surface area contributed by atoms with E-state index in [4.69, 9.17) is 4.74 Å². The number of carbonyl (C=O) groups excluding carboxylic acids is 2. The summed E-state index contributed by atoms with van der Waals surface area (Å²) in [4.78, 5) is 23.9. The topological polar surface area (TPSA) is 73.2 Å². The van der Waals surface area contributed by atoms with Gasteiger partial charge >= 0.3 is 12.0 Å². The Hall–Kier alpha value is -2.63. The fourth-order valence-corrected chi connectivity index (χ4v) is 1.70. The van der Waals surface area contributed by atoms with Gasteiger partial charge in [0, 0.05) is 5.69 Å². The Morgan fingerprint density at radius 1 is 1.30 bits per heavy atom. The maximum atomic E-state index is 12.1. The number of nitrogens with one attached hydrogen (secondary N) is 1. The molecule has 0 atom stereocenters. The van der Waals surface area contributed by atoms with Gasteiger partial charge in [-0.2, -0.15) is 9.78 Å². The summed E-state index contributed by atoms with van der Waals surface area (Å²) in [6.07, 6.45) is 0. The molecule has 0 radical (unpaired) electrons. The summed E-state index contributed by atoms with van der Waals surface area (Å²) in [6.45, 7) is 3.65. The predicted molar refractivity (Wildman–Crippen MR) is 73.8 cm³/mol. The number of carbonyl (C=O) groups is 2. The average Bonchev–Trinajstić information content (AvgIpc) is 2.82. The molecule has 0 spiro atoms. The normalized spacial score (nSPS) is 10.1. The minimum atomic E-state index is -0.573. The Morgan fingerprint density at radius 2 is 2.00 bits per heavy atom. The third kappa shape index (κ3) is 3.03. The quantitative estimate of drug-likeness (QED) is 0.872. The molecule has 1 N–H and O–H groups in total. The second-order valence-electron chi connectivity index (χ2n) is 4.10. The smallest absolute Gasteiger partial charge is 0.357 e. The van der Waals surface area contributed by atoms with E-state index in [2.05, 4.69) is 10.4 Å². The summed E-state index contributed by atoms with van der Waals surface area (Å²) in [6, 6.07) is 9.95. The van der Waals surface area contributed by atoms with Gasteiger partial charge in [-0.1, -0.05) is 18.2 Å². The summed E-state index contributed by atoms with van der Waals surface area (Å²) < 4.78 is 5.92. The van der Waals surface area contributed by atoms with Gasteiger partial charge in [0.15, 0.2) is 5.69 Å². The molecule has 104 valence electrons. The van der Waals surface area contributed by atoms with Crippen LogP contribution in [-0.2, 0) is 4.74 Å². The first kappa shape index (κ1) is 13.8. The zero-order valence-electron chi connectivity index (χ0n) is 11.3. The van der Waals surface area contributed by atoms with Gasteiger partial charge in [0.2, 0.25) is 0 Å². The van der Waals surface area contributed by atoms with Crippen molar-refractivity contribution in [1.82, 2.24) is 9.78 Å². The molecule has 0 saturated carbocycles. The molecule has 0 fully saturated rings. The molecule has 1 amide bonds. The highest BCUT2D eigenvalue weighted by molar-refractivity contribution is 5.97. The summed E-state index contributed by atoms with van der Waals surface area (Å²) in [5.41, 5.74) is 1.30. The van der Waals surface area contributed by atoms with Gasteiger partial charge in [0.1, 0.15) is 0 Å². The van der Waals surface area contributed by atoms with E-state index < -0.39 is 12.0 Å². The number of hydrogen-bond donors (Lipinski definition) is 1. The van der Waals surface area contributed by atoms with E-state index in [-0.39, 0.29) is 12.3 Å². The molecule has 0 unspecified atom stereocenters. The third-order valence-electron chi connectivity index (χ3n) is 2.53. The molecule has 6 heteroatoms. The number of esters is 1. The first-order chi connectivity index (χ1) is 9.61. The van der Waals surface area contributed by atoms with E-state index in [9.17, 15) is 9.59 Å². The molecule has 1 aromatic carbocycles. The molecular formula is C14H15N3O3. The first-order valence-electron chi connectivity index (χ1n) is 6.22. The highest BCUT2D eigenvalue weighted by Crippen LogP contribution is 2.09. The molecule has 0 aliphatic carbocycles. The van der Waals surface area contributed by atoms with E-state index in [0.29, 0.717) is 11.4 Å². The third-order valence-corrected chi connectivity index (χ3v) is 2.53. The van der Waals surface area contributed by atoms with Gasteiger partial charge in [-0.3, -0.25) is 0 Å². The molecule has 0 bridgehead atoms. The fourth-order valence-electron chi connectivity index (χ4n) is 1.70. The van der Waals surface area contributed by atoms with E-state index in [0.717, 1.165) is 4.68 Å². The Balaban J connectivity index is 2.24. The maximum absolute atomic E-state index is 12.1. The number of aromatic nitrogens is 2. The molecular weight excluding hydrogens is 258 g/mol. The molecule has 0 aliphatic heterocycles.